The molecule has 0 aliphatic carbocycles. The van der Waals surface area contributed by atoms with Gasteiger partial charge in [0.05, 0.1) is 17.4 Å². The lowest BCUT2D eigenvalue weighted by Crippen LogP contribution is -2.06. The molecule has 0 fully saturated rings. The molecule has 0 saturated carbocycles. The van der Waals surface area contributed by atoms with E-state index >= 15 is 0 Å². The molecule has 3 rings (SSSR count). The standard InChI is InChI=1S/C14H11ClF2N2S/c1-8(15)14-18-11-3-2-10(16)12(17)13(11)19(14)6-9-4-5-20-7-9/h2-5,7-8H,6H2,1H3. The van der Waals surface area contributed by atoms with Crippen LogP contribution in [0.15, 0.2) is 29.0 Å². The number of rotatable bonds is 3. The van der Waals surface area contributed by atoms with Gasteiger partial charge in [-0.2, -0.15) is 11.3 Å². The molecule has 2 nitrogen and oxygen atoms in total. The second-order valence-electron chi connectivity index (χ2n) is 4.53. The van der Waals surface area contributed by atoms with Crippen molar-refractivity contribution in [2.45, 2.75) is 18.8 Å². The van der Waals surface area contributed by atoms with Crippen molar-refractivity contribution in [1.29, 1.82) is 0 Å². The molecule has 0 aliphatic rings. The summed E-state index contributed by atoms with van der Waals surface area (Å²) in [6, 6.07) is 4.50. The van der Waals surface area contributed by atoms with Crippen molar-refractivity contribution in [2.75, 3.05) is 0 Å². The molecule has 0 radical (unpaired) electrons. The molecular weight excluding hydrogens is 302 g/mol. The molecule has 6 heteroatoms. The first-order valence-corrected chi connectivity index (χ1v) is 7.45. The summed E-state index contributed by atoms with van der Waals surface area (Å²) < 4.78 is 29.2. The SMILES string of the molecule is CC(Cl)c1nc2ccc(F)c(F)c2n1Cc1ccsc1. The van der Waals surface area contributed by atoms with Crippen molar-refractivity contribution in [2.24, 2.45) is 0 Å². The molecule has 2 aromatic heterocycles. The molecule has 1 atom stereocenters. The van der Waals surface area contributed by atoms with Gasteiger partial charge in [-0.05, 0) is 41.4 Å². The number of hydrogen-bond acceptors (Lipinski definition) is 2. The number of benzene rings is 1. The first-order chi connectivity index (χ1) is 9.58. The number of hydrogen-bond donors (Lipinski definition) is 0. The van der Waals surface area contributed by atoms with Gasteiger partial charge in [-0.15, -0.1) is 11.6 Å². The molecule has 0 N–H and O–H groups in total. The van der Waals surface area contributed by atoms with Crippen molar-refractivity contribution in [3.63, 3.8) is 0 Å². The number of alkyl halides is 1. The van der Waals surface area contributed by atoms with Gasteiger partial charge in [0.1, 0.15) is 11.3 Å². The number of aromatic nitrogens is 2. The maximum atomic E-state index is 14.1. The third-order valence-electron chi connectivity index (χ3n) is 3.11. The lowest BCUT2D eigenvalue weighted by molar-refractivity contribution is 0.511. The van der Waals surface area contributed by atoms with Crippen LogP contribution < -0.4 is 0 Å². The number of nitrogens with zero attached hydrogens (tertiary/aromatic N) is 2. The number of thiophene rings is 1. The molecule has 104 valence electrons. The Kier molecular flexibility index (Phi) is 3.48. The maximum absolute atomic E-state index is 14.1. The van der Waals surface area contributed by atoms with Crippen molar-refractivity contribution in [1.82, 2.24) is 9.55 Å². The largest absolute Gasteiger partial charge is 0.320 e. The molecule has 0 amide bonds. The minimum atomic E-state index is -0.881. The summed E-state index contributed by atoms with van der Waals surface area (Å²) in [4.78, 5) is 4.32. The third-order valence-corrected chi connectivity index (χ3v) is 4.03. The fourth-order valence-corrected chi connectivity index (χ4v) is 3.03. The van der Waals surface area contributed by atoms with Gasteiger partial charge in [-0.25, -0.2) is 13.8 Å². The molecule has 0 aliphatic heterocycles. The molecular formula is C14H11ClF2N2S. The van der Waals surface area contributed by atoms with Gasteiger partial charge in [-0.3, -0.25) is 0 Å². The fourth-order valence-electron chi connectivity index (χ4n) is 2.20. The van der Waals surface area contributed by atoms with Crippen LogP contribution >= 0.6 is 22.9 Å². The Morgan fingerprint density at radius 2 is 2.15 bits per heavy atom. The summed E-state index contributed by atoms with van der Waals surface area (Å²) in [5.41, 5.74) is 1.59. The average Bonchev–Trinajstić information content (AvgIpc) is 3.02. The lowest BCUT2D eigenvalue weighted by atomic mass is 10.2. The van der Waals surface area contributed by atoms with Crippen LogP contribution in [0.3, 0.4) is 0 Å². The van der Waals surface area contributed by atoms with Crippen molar-refractivity contribution < 1.29 is 8.78 Å². The molecule has 0 bridgehead atoms. The van der Waals surface area contributed by atoms with Crippen molar-refractivity contribution in [3.05, 3.63) is 52.0 Å². The van der Waals surface area contributed by atoms with Crippen LogP contribution in [0.5, 0.6) is 0 Å². The Morgan fingerprint density at radius 1 is 1.35 bits per heavy atom. The van der Waals surface area contributed by atoms with E-state index in [2.05, 4.69) is 4.98 Å². The summed E-state index contributed by atoms with van der Waals surface area (Å²) in [7, 11) is 0. The third kappa shape index (κ3) is 2.21. The van der Waals surface area contributed by atoms with E-state index in [4.69, 9.17) is 11.6 Å². The molecule has 0 saturated heterocycles. The predicted octanol–water partition coefficient (Wildman–Crippen LogP) is 4.72. The van der Waals surface area contributed by atoms with E-state index in [0.29, 0.717) is 17.9 Å². The fraction of sp³-hybridized carbons (Fsp3) is 0.214. The Hall–Kier alpha value is -1.46. The normalized spacial score (nSPS) is 13.0. The van der Waals surface area contributed by atoms with Crippen LogP contribution in [0.1, 0.15) is 23.7 Å². The summed E-state index contributed by atoms with van der Waals surface area (Å²) >= 11 is 7.67. The van der Waals surface area contributed by atoms with E-state index in [1.807, 2.05) is 16.8 Å². The van der Waals surface area contributed by atoms with Gasteiger partial charge < -0.3 is 4.57 Å². The van der Waals surface area contributed by atoms with E-state index in [-0.39, 0.29) is 10.9 Å². The Balaban J connectivity index is 2.25. The zero-order valence-electron chi connectivity index (χ0n) is 10.6. The molecule has 3 aromatic rings. The highest BCUT2D eigenvalue weighted by Gasteiger charge is 2.20. The van der Waals surface area contributed by atoms with Crippen LogP contribution in [-0.2, 0) is 6.54 Å². The monoisotopic (exact) mass is 312 g/mol. The predicted molar refractivity (Wildman–Crippen MR) is 77.3 cm³/mol. The highest BCUT2D eigenvalue weighted by Crippen LogP contribution is 2.28. The zero-order valence-corrected chi connectivity index (χ0v) is 12.2. The maximum Gasteiger partial charge on any atom is 0.184 e. The first-order valence-electron chi connectivity index (χ1n) is 6.07. The van der Waals surface area contributed by atoms with Crippen LogP contribution in [0.2, 0.25) is 0 Å². The van der Waals surface area contributed by atoms with Crippen LogP contribution in [-0.4, -0.2) is 9.55 Å². The minimum Gasteiger partial charge on any atom is -0.320 e. The molecule has 2 heterocycles. The van der Waals surface area contributed by atoms with Crippen molar-refractivity contribution in [3.8, 4) is 0 Å². The lowest BCUT2D eigenvalue weighted by Gasteiger charge is -2.10. The highest BCUT2D eigenvalue weighted by atomic mass is 35.5. The minimum absolute atomic E-state index is 0.165. The molecule has 20 heavy (non-hydrogen) atoms. The smallest absolute Gasteiger partial charge is 0.184 e. The number of fused-ring (bicyclic) bond motifs is 1. The second-order valence-corrected chi connectivity index (χ2v) is 5.97. The van der Waals surface area contributed by atoms with Gasteiger partial charge in [0, 0.05) is 0 Å². The average molecular weight is 313 g/mol. The molecule has 0 spiro atoms. The van der Waals surface area contributed by atoms with E-state index in [9.17, 15) is 8.78 Å². The quantitative estimate of drug-likeness (QED) is 0.640. The van der Waals surface area contributed by atoms with Crippen molar-refractivity contribution >= 4 is 34.0 Å². The number of halogens is 3. The van der Waals surface area contributed by atoms with Gasteiger partial charge in [0.25, 0.3) is 0 Å². The molecule has 1 aromatic carbocycles. The number of imidazole rings is 1. The van der Waals surface area contributed by atoms with Crippen LogP contribution in [0, 0.1) is 11.6 Å². The summed E-state index contributed by atoms with van der Waals surface area (Å²) in [5, 5.41) is 3.52. The van der Waals surface area contributed by atoms with Gasteiger partial charge in [-0.1, -0.05) is 0 Å². The van der Waals surface area contributed by atoms with Crippen LogP contribution in [0.25, 0.3) is 11.0 Å². The highest BCUT2D eigenvalue weighted by molar-refractivity contribution is 7.07. The Morgan fingerprint density at radius 3 is 2.80 bits per heavy atom. The van der Waals surface area contributed by atoms with Gasteiger partial charge in [0.2, 0.25) is 0 Å². The summed E-state index contributed by atoms with van der Waals surface area (Å²) in [6.07, 6.45) is 0. The summed E-state index contributed by atoms with van der Waals surface area (Å²) in [6.45, 7) is 2.19. The van der Waals surface area contributed by atoms with E-state index < -0.39 is 11.6 Å². The van der Waals surface area contributed by atoms with Gasteiger partial charge >= 0.3 is 0 Å². The topological polar surface area (TPSA) is 17.8 Å². The Labute approximate surface area is 123 Å². The van der Waals surface area contributed by atoms with E-state index in [1.54, 1.807) is 22.8 Å². The first kappa shape index (κ1) is 13.5. The van der Waals surface area contributed by atoms with E-state index in [1.165, 1.54) is 6.07 Å². The second kappa shape index (κ2) is 5.14. The van der Waals surface area contributed by atoms with Crippen LogP contribution in [0.4, 0.5) is 8.78 Å². The van der Waals surface area contributed by atoms with E-state index in [0.717, 1.165) is 11.6 Å². The zero-order chi connectivity index (χ0) is 14.3. The molecule has 1 unspecified atom stereocenters. The van der Waals surface area contributed by atoms with Gasteiger partial charge in [0.15, 0.2) is 11.6 Å². The summed E-state index contributed by atoms with van der Waals surface area (Å²) in [5.74, 6) is -1.22. The Bertz CT molecular complexity index is 750.